The highest BCUT2D eigenvalue weighted by molar-refractivity contribution is 5.96. The van der Waals surface area contributed by atoms with E-state index in [1.54, 1.807) is 17.0 Å². The third-order valence-electron chi connectivity index (χ3n) is 4.79. The summed E-state index contributed by atoms with van der Waals surface area (Å²) in [5.74, 6) is 0.597. The molecule has 5 nitrogen and oxygen atoms in total. The van der Waals surface area contributed by atoms with E-state index in [9.17, 15) is 9.59 Å². The SMILES string of the molecule is CCC1CCCN(C(=O)Nc2cccc(C(=O)N(CC)CC)c2)C1. The van der Waals surface area contributed by atoms with Gasteiger partial charge in [-0.05, 0) is 50.8 Å². The molecule has 0 saturated carbocycles. The van der Waals surface area contributed by atoms with Crippen LogP contribution in [0.3, 0.4) is 0 Å². The molecular weight excluding hydrogens is 302 g/mol. The van der Waals surface area contributed by atoms with E-state index in [2.05, 4.69) is 12.2 Å². The number of carbonyl (C=O) groups excluding carboxylic acids is 2. The first-order valence-electron chi connectivity index (χ1n) is 9.04. The fraction of sp³-hybridized carbons (Fsp3) is 0.579. The number of hydrogen-bond donors (Lipinski definition) is 1. The highest BCUT2D eigenvalue weighted by atomic mass is 16.2. The molecule has 1 aliphatic heterocycles. The Morgan fingerprint density at radius 1 is 1.25 bits per heavy atom. The van der Waals surface area contributed by atoms with Gasteiger partial charge in [-0.3, -0.25) is 4.79 Å². The van der Waals surface area contributed by atoms with Gasteiger partial charge in [0.1, 0.15) is 0 Å². The lowest BCUT2D eigenvalue weighted by Crippen LogP contribution is -2.42. The third kappa shape index (κ3) is 4.49. The second-order valence-corrected chi connectivity index (χ2v) is 6.35. The van der Waals surface area contributed by atoms with Crippen molar-refractivity contribution >= 4 is 17.6 Å². The summed E-state index contributed by atoms with van der Waals surface area (Å²) >= 11 is 0. The minimum absolute atomic E-state index is 0.000110. The number of amides is 3. The summed E-state index contributed by atoms with van der Waals surface area (Å²) in [6.45, 7) is 9.09. The van der Waals surface area contributed by atoms with Crippen LogP contribution < -0.4 is 5.32 Å². The van der Waals surface area contributed by atoms with Crippen LogP contribution >= 0.6 is 0 Å². The highest BCUT2D eigenvalue weighted by Crippen LogP contribution is 2.20. The Morgan fingerprint density at radius 3 is 2.67 bits per heavy atom. The number of benzene rings is 1. The predicted octanol–water partition coefficient (Wildman–Crippen LogP) is 3.82. The molecule has 1 aromatic rings. The molecule has 0 aliphatic carbocycles. The van der Waals surface area contributed by atoms with E-state index in [-0.39, 0.29) is 11.9 Å². The molecule has 0 aromatic heterocycles. The van der Waals surface area contributed by atoms with Crippen LogP contribution in [0, 0.1) is 5.92 Å². The lowest BCUT2D eigenvalue weighted by atomic mass is 9.96. The number of anilines is 1. The first-order chi connectivity index (χ1) is 11.6. The third-order valence-corrected chi connectivity index (χ3v) is 4.79. The minimum atomic E-state index is -0.0689. The summed E-state index contributed by atoms with van der Waals surface area (Å²) in [5, 5.41) is 2.94. The molecule has 1 aromatic carbocycles. The molecule has 5 heteroatoms. The Balaban J connectivity index is 2.03. The molecular formula is C19H29N3O2. The molecule has 0 spiro atoms. The van der Waals surface area contributed by atoms with Crippen LogP contribution in [0.4, 0.5) is 10.5 Å². The van der Waals surface area contributed by atoms with Gasteiger partial charge in [0.05, 0.1) is 0 Å². The van der Waals surface area contributed by atoms with Gasteiger partial charge in [0, 0.05) is 37.4 Å². The lowest BCUT2D eigenvalue weighted by molar-refractivity contribution is 0.0773. The molecule has 2 rings (SSSR count). The summed E-state index contributed by atoms with van der Waals surface area (Å²) < 4.78 is 0. The first kappa shape index (κ1) is 18.3. The van der Waals surface area contributed by atoms with E-state index in [0.717, 1.165) is 25.9 Å². The normalized spacial score (nSPS) is 17.5. The van der Waals surface area contributed by atoms with Gasteiger partial charge in [-0.25, -0.2) is 4.79 Å². The quantitative estimate of drug-likeness (QED) is 0.891. The van der Waals surface area contributed by atoms with Gasteiger partial charge in [-0.1, -0.05) is 19.4 Å². The molecule has 1 heterocycles. The largest absolute Gasteiger partial charge is 0.339 e. The molecule has 1 atom stereocenters. The maximum absolute atomic E-state index is 12.5. The van der Waals surface area contributed by atoms with Gasteiger partial charge < -0.3 is 15.1 Å². The van der Waals surface area contributed by atoms with Crippen LogP contribution in [0.2, 0.25) is 0 Å². The number of rotatable bonds is 5. The molecule has 132 valence electrons. The van der Waals surface area contributed by atoms with Crippen molar-refractivity contribution in [1.29, 1.82) is 0 Å². The zero-order chi connectivity index (χ0) is 17.5. The highest BCUT2D eigenvalue weighted by Gasteiger charge is 2.22. The predicted molar refractivity (Wildman–Crippen MR) is 97.3 cm³/mol. The fourth-order valence-corrected chi connectivity index (χ4v) is 3.21. The van der Waals surface area contributed by atoms with Gasteiger partial charge in [-0.2, -0.15) is 0 Å². The van der Waals surface area contributed by atoms with Gasteiger partial charge in [0.25, 0.3) is 5.91 Å². The molecule has 1 N–H and O–H groups in total. The molecule has 24 heavy (non-hydrogen) atoms. The molecule has 1 aliphatic rings. The summed E-state index contributed by atoms with van der Waals surface area (Å²) in [7, 11) is 0. The molecule has 0 radical (unpaired) electrons. The average Bonchev–Trinajstić information content (AvgIpc) is 2.63. The van der Waals surface area contributed by atoms with Crippen molar-refractivity contribution in [2.75, 3.05) is 31.5 Å². The summed E-state index contributed by atoms with van der Waals surface area (Å²) in [4.78, 5) is 28.6. The standard InChI is InChI=1S/C19H29N3O2/c1-4-15-9-8-12-22(14-15)19(24)20-17-11-7-10-16(13-17)18(23)21(5-2)6-3/h7,10-11,13,15H,4-6,8-9,12,14H2,1-3H3,(H,20,24). The van der Waals surface area contributed by atoms with Crippen molar-refractivity contribution in [3.05, 3.63) is 29.8 Å². The van der Waals surface area contributed by atoms with E-state index in [1.807, 2.05) is 30.9 Å². The van der Waals surface area contributed by atoms with Crippen molar-refractivity contribution < 1.29 is 9.59 Å². The Kier molecular flexibility index (Phi) is 6.64. The van der Waals surface area contributed by atoms with E-state index in [1.165, 1.54) is 6.42 Å². The van der Waals surface area contributed by atoms with Crippen LogP contribution in [0.1, 0.15) is 50.4 Å². The molecule has 1 unspecified atom stereocenters. The van der Waals surface area contributed by atoms with Crippen molar-refractivity contribution in [2.45, 2.75) is 40.0 Å². The zero-order valence-electron chi connectivity index (χ0n) is 15.0. The Labute approximate surface area is 145 Å². The molecule has 0 bridgehead atoms. The minimum Gasteiger partial charge on any atom is -0.339 e. The summed E-state index contributed by atoms with van der Waals surface area (Å²) in [6, 6.07) is 7.14. The van der Waals surface area contributed by atoms with E-state index in [4.69, 9.17) is 0 Å². The van der Waals surface area contributed by atoms with Crippen molar-refractivity contribution in [3.8, 4) is 0 Å². The Bertz CT molecular complexity index is 569. The topological polar surface area (TPSA) is 52.7 Å². The van der Waals surface area contributed by atoms with Crippen molar-refractivity contribution in [3.63, 3.8) is 0 Å². The van der Waals surface area contributed by atoms with Gasteiger partial charge in [0.15, 0.2) is 0 Å². The fourth-order valence-electron chi connectivity index (χ4n) is 3.21. The van der Waals surface area contributed by atoms with Crippen LogP contribution in [-0.4, -0.2) is 47.9 Å². The van der Waals surface area contributed by atoms with E-state index in [0.29, 0.717) is 30.3 Å². The number of likely N-dealkylation sites (tertiary alicyclic amines) is 1. The van der Waals surface area contributed by atoms with Crippen molar-refractivity contribution in [2.24, 2.45) is 5.92 Å². The molecule has 1 saturated heterocycles. The van der Waals surface area contributed by atoms with E-state index >= 15 is 0 Å². The first-order valence-corrected chi connectivity index (χ1v) is 9.04. The van der Waals surface area contributed by atoms with Crippen LogP contribution in [0.15, 0.2) is 24.3 Å². The number of nitrogens with one attached hydrogen (secondary N) is 1. The number of carbonyl (C=O) groups is 2. The van der Waals surface area contributed by atoms with Crippen LogP contribution in [-0.2, 0) is 0 Å². The number of urea groups is 1. The Morgan fingerprint density at radius 2 is 2.00 bits per heavy atom. The molecule has 1 fully saturated rings. The Hall–Kier alpha value is -2.04. The second kappa shape index (κ2) is 8.71. The maximum Gasteiger partial charge on any atom is 0.321 e. The van der Waals surface area contributed by atoms with Gasteiger partial charge >= 0.3 is 6.03 Å². The van der Waals surface area contributed by atoms with Crippen LogP contribution in [0.25, 0.3) is 0 Å². The summed E-state index contributed by atoms with van der Waals surface area (Å²) in [5.41, 5.74) is 1.29. The van der Waals surface area contributed by atoms with Gasteiger partial charge in [-0.15, -0.1) is 0 Å². The lowest BCUT2D eigenvalue weighted by Gasteiger charge is -2.32. The van der Waals surface area contributed by atoms with Gasteiger partial charge in [0.2, 0.25) is 0 Å². The second-order valence-electron chi connectivity index (χ2n) is 6.35. The molecule has 3 amide bonds. The smallest absolute Gasteiger partial charge is 0.321 e. The summed E-state index contributed by atoms with van der Waals surface area (Å²) in [6.07, 6.45) is 3.37. The number of hydrogen-bond acceptors (Lipinski definition) is 2. The van der Waals surface area contributed by atoms with E-state index < -0.39 is 0 Å². The number of piperidine rings is 1. The van der Waals surface area contributed by atoms with Crippen molar-refractivity contribution in [1.82, 2.24) is 9.80 Å². The maximum atomic E-state index is 12.5. The monoisotopic (exact) mass is 331 g/mol. The number of nitrogens with zero attached hydrogens (tertiary/aromatic N) is 2. The zero-order valence-corrected chi connectivity index (χ0v) is 15.0. The van der Waals surface area contributed by atoms with Crippen LogP contribution in [0.5, 0.6) is 0 Å². The average molecular weight is 331 g/mol.